The van der Waals surface area contributed by atoms with Crippen LogP contribution in [0, 0.1) is 0 Å². The molecule has 2 aromatic rings. The van der Waals surface area contributed by atoms with E-state index in [4.69, 9.17) is 14.7 Å². The van der Waals surface area contributed by atoms with E-state index in [0.717, 1.165) is 44.1 Å². The summed E-state index contributed by atoms with van der Waals surface area (Å²) in [5.74, 6) is 2.35. The van der Waals surface area contributed by atoms with Gasteiger partial charge in [0.15, 0.2) is 0 Å². The van der Waals surface area contributed by atoms with Crippen LogP contribution >= 0.6 is 0 Å². The van der Waals surface area contributed by atoms with Crippen molar-refractivity contribution in [3.8, 4) is 5.88 Å². The lowest BCUT2D eigenvalue weighted by atomic mass is 9.82. The maximum atomic E-state index is 6.24. The first-order chi connectivity index (χ1) is 13.1. The zero-order valence-corrected chi connectivity index (χ0v) is 16.8. The molecule has 1 saturated carbocycles. The summed E-state index contributed by atoms with van der Waals surface area (Å²) in [6.07, 6.45) is 5.47. The predicted molar refractivity (Wildman–Crippen MR) is 108 cm³/mol. The molecule has 4 nitrogen and oxygen atoms in total. The van der Waals surface area contributed by atoms with Gasteiger partial charge in [-0.1, -0.05) is 45.0 Å². The summed E-state index contributed by atoms with van der Waals surface area (Å²) in [7, 11) is 0. The van der Waals surface area contributed by atoms with Gasteiger partial charge >= 0.3 is 0 Å². The molecular formula is C23H31N3O. The fourth-order valence-electron chi connectivity index (χ4n) is 3.58. The van der Waals surface area contributed by atoms with Crippen LogP contribution in [0.25, 0.3) is 0 Å². The summed E-state index contributed by atoms with van der Waals surface area (Å²) in [6.45, 7) is 9.35. The highest BCUT2D eigenvalue weighted by Crippen LogP contribution is 2.39. The number of ether oxygens (including phenoxy) is 1. The summed E-state index contributed by atoms with van der Waals surface area (Å²) >= 11 is 0. The summed E-state index contributed by atoms with van der Waals surface area (Å²) in [5, 5.41) is 3.46. The van der Waals surface area contributed by atoms with E-state index in [1.54, 1.807) is 0 Å². The van der Waals surface area contributed by atoms with Crippen LogP contribution in [0.1, 0.15) is 74.2 Å². The van der Waals surface area contributed by atoms with E-state index in [1.807, 2.05) is 0 Å². The first kappa shape index (κ1) is 18.4. The van der Waals surface area contributed by atoms with Crippen molar-refractivity contribution in [2.75, 3.05) is 13.1 Å². The largest absolute Gasteiger partial charge is 0.473 e. The molecule has 0 bridgehead atoms. The molecule has 27 heavy (non-hydrogen) atoms. The van der Waals surface area contributed by atoms with E-state index < -0.39 is 0 Å². The Morgan fingerprint density at radius 2 is 1.81 bits per heavy atom. The first-order valence-corrected chi connectivity index (χ1v) is 10.4. The van der Waals surface area contributed by atoms with Crippen LogP contribution in [0.3, 0.4) is 0 Å². The molecule has 144 valence electrons. The van der Waals surface area contributed by atoms with E-state index >= 15 is 0 Å². The second kappa shape index (κ2) is 7.59. The molecule has 2 heterocycles. The van der Waals surface area contributed by atoms with Crippen molar-refractivity contribution in [2.24, 2.45) is 0 Å². The average Bonchev–Trinajstić information content (AvgIpc) is 3.53. The number of hydrogen-bond acceptors (Lipinski definition) is 4. The molecule has 0 spiro atoms. The molecule has 0 radical (unpaired) electrons. The van der Waals surface area contributed by atoms with Crippen molar-refractivity contribution >= 4 is 0 Å². The fourth-order valence-corrected chi connectivity index (χ4v) is 3.58. The van der Waals surface area contributed by atoms with E-state index in [-0.39, 0.29) is 5.41 Å². The minimum Gasteiger partial charge on any atom is -0.473 e. The second-order valence-corrected chi connectivity index (χ2v) is 8.56. The van der Waals surface area contributed by atoms with Crippen LogP contribution < -0.4 is 10.1 Å². The van der Waals surface area contributed by atoms with Gasteiger partial charge in [-0.2, -0.15) is 4.98 Å². The van der Waals surface area contributed by atoms with Crippen molar-refractivity contribution in [3.05, 3.63) is 52.5 Å². The van der Waals surface area contributed by atoms with Crippen LogP contribution in [0.2, 0.25) is 0 Å². The van der Waals surface area contributed by atoms with Gasteiger partial charge < -0.3 is 10.1 Å². The van der Waals surface area contributed by atoms with Crippen molar-refractivity contribution in [1.82, 2.24) is 15.3 Å². The van der Waals surface area contributed by atoms with Gasteiger partial charge in [-0.3, -0.25) is 0 Å². The van der Waals surface area contributed by atoms with Gasteiger partial charge in [0.25, 0.3) is 0 Å². The standard InChI is InChI=1S/C23H31N3O/c1-4-23(2,3)18-9-5-16(6-10-18)15-27-22-19-11-13-24-14-12-20(19)25-21(26-22)17-7-8-17/h5-6,9-10,17,24H,4,7-8,11-15H2,1-3H3. The van der Waals surface area contributed by atoms with Crippen LogP contribution in [0.15, 0.2) is 24.3 Å². The number of hydrogen-bond donors (Lipinski definition) is 1. The third kappa shape index (κ3) is 4.16. The molecule has 1 aromatic carbocycles. The van der Waals surface area contributed by atoms with Gasteiger partial charge in [0.2, 0.25) is 5.88 Å². The summed E-state index contributed by atoms with van der Waals surface area (Å²) in [5.41, 5.74) is 5.18. The molecule has 1 aromatic heterocycles. The van der Waals surface area contributed by atoms with E-state index in [2.05, 4.69) is 50.4 Å². The lowest BCUT2D eigenvalue weighted by molar-refractivity contribution is 0.288. The monoisotopic (exact) mass is 365 g/mol. The van der Waals surface area contributed by atoms with Crippen molar-refractivity contribution in [2.45, 2.75) is 70.8 Å². The molecule has 0 saturated heterocycles. The third-order valence-corrected chi connectivity index (χ3v) is 6.10. The second-order valence-electron chi connectivity index (χ2n) is 8.56. The third-order valence-electron chi connectivity index (χ3n) is 6.10. The highest BCUT2D eigenvalue weighted by Gasteiger charge is 2.29. The Balaban J connectivity index is 1.53. The van der Waals surface area contributed by atoms with E-state index in [1.165, 1.54) is 35.2 Å². The Labute approximate surface area is 162 Å². The lowest BCUT2D eigenvalue weighted by Gasteiger charge is -2.23. The molecule has 4 rings (SSSR count). The molecule has 1 aliphatic heterocycles. The minimum atomic E-state index is 0.218. The Bertz CT molecular complexity index is 794. The number of fused-ring (bicyclic) bond motifs is 1. The van der Waals surface area contributed by atoms with Gasteiger partial charge in [-0.15, -0.1) is 0 Å². The van der Waals surface area contributed by atoms with Gasteiger partial charge in [-0.05, 0) is 48.8 Å². The molecule has 2 aliphatic rings. The summed E-state index contributed by atoms with van der Waals surface area (Å²) in [6, 6.07) is 8.86. The summed E-state index contributed by atoms with van der Waals surface area (Å²) in [4.78, 5) is 9.68. The zero-order chi connectivity index (χ0) is 18.9. The minimum absolute atomic E-state index is 0.218. The van der Waals surface area contributed by atoms with E-state index in [0.29, 0.717) is 12.5 Å². The van der Waals surface area contributed by atoms with Gasteiger partial charge in [0, 0.05) is 24.4 Å². The Hall–Kier alpha value is -1.94. The number of nitrogens with zero attached hydrogens (tertiary/aromatic N) is 2. The molecule has 1 N–H and O–H groups in total. The van der Waals surface area contributed by atoms with Crippen LogP contribution in [-0.4, -0.2) is 23.1 Å². The van der Waals surface area contributed by atoms with Crippen LogP contribution in [-0.2, 0) is 24.9 Å². The molecule has 0 amide bonds. The first-order valence-electron chi connectivity index (χ1n) is 10.4. The topological polar surface area (TPSA) is 47.0 Å². The molecule has 1 fully saturated rings. The summed E-state index contributed by atoms with van der Waals surface area (Å²) < 4.78 is 6.24. The van der Waals surface area contributed by atoms with Crippen molar-refractivity contribution in [3.63, 3.8) is 0 Å². The number of rotatable bonds is 6. The fraction of sp³-hybridized carbons (Fsp3) is 0.565. The molecule has 4 heteroatoms. The predicted octanol–water partition coefficient (Wildman–Crippen LogP) is 4.31. The molecule has 1 aliphatic carbocycles. The number of benzene rings is 1. The Kier molecular flexibility index (Phi) is 5.18. The van der Waals surface area contributed by atoms with Crippen LogP contribution in [0.4, 0.5) is 0 Å². The van der Waals surface area contributed by atoms with Gasteiger partial charge in [-0.25, -0.2) is 4.98 Å². The highest BCUT2D eigenvalue weighted by atomic mass is 16.5. The Morgan fingerprint density at radius 3 is 2.52 bits per heavy atom. The van der Waals surface area contributed by atoms with Gasteiger partial charge in [0.05, 0.1) is 5.69 Å². The quantitative estimate of drug-likeness (QED) is 0.829. The van der Waals surface area contributed by atoms with Crippen molar-refractivity contribution in [1.29, 1.82) is 0 Å². The highest BCUT2D eigenvalue weighted by molar-refractivity contribution is 5.34. The van der Waals surface area contributed by atoms with Crippen LogP contribution in [0.5, 0.6) is 5.88 Å². The normalized spacial score (nSPS) is 17.3. The maximum Gasteiger partial charge on any atom is 0.220 e. The van der Waals surface area contributed by atoms with Gasteiger partial charge in [0.1, 0.15) is 12.4 Å². The zero-order valence-electron chi connectivity index (χ0n) is 16.8. The van der Waals surface area contributed by atoms with E-state index in [9.17, 15) is 0 Å². The van der Waals surface area contributed by atoms with Crippen molar-refractivity contribution < 1.29 is 4.74 Å². The Morgan fingerprint density at radius 1 is 1.07 bits per heavy atom. The number of aromatic nitrogens is 2. The SMILES string of the molecule is CCC(C)(C)c1ccc(COc2nc(C3CC3)nc3c2CCNCC3)cc1. The maximum absolute atomic E-state index is 6.24. The average molecular weight is 366 g/mol. The lowest BCUT2D eigenvalue weighted by Crippen LogP contribution is -2.16. The number of nitrogens with one attached hydrogen (secondary N) is 1. The smallest absolute Gasteiger partial charge is 0.220 e. The molecule has 0 atom stereocenters. The molecule has 0 unspecified atom stereocenters. The molecular weight excluding hydrogens is 334 g/mol.